The first-order valence-corrected chi connectivity index (χ1v) is 9.33. The number of halogens is 1. The number of ether oxygens (including phenoxy) is 1. The van der Waals surface area contributed by atoms with Crippen LogP contribution in [0.4, 0.5) is 0 Å². The molecule has 0 bridgehead atoms. The lowest BCUT2D eigenvalue weighted by Gasteiger charge is -2.19. The molecular weight excluding hydrogens is 342 g/mol. The number of nitrogens with zero attached hydrogens (tertiary/aromatic N) is 1. The third kappa shape index (κ3) is 4.92. The van der Waals surface area contributed by atoms with Crippen LogP contribution in [0.5, 0.6) is 5.75 Å². The summed E-state index contributed by atoms with van der Waals surface area (Å²) in [5.74, 6) is 2.77. The number of carbonyl (C=O) groups is 1. The predicted molar refractivity (Wildman–Crippen MR) is 102 cm³/mol. The van der Waals surface area contributed by atoms with Crippen LogP contribution in [0.3, 0.4) is 0 Å². The first kappa shape index (κ1) is 18.7. The summed E-state index contributed by atoms with van der Waals surface area (Å²) in [6.07, 6.45) is 0. The normalized spacial score (nSPS) is 10.5. The summed E-state index contributed by atoms with van der Waals surface area (Å²) in [5.41, 5.74) is 2.80. The van der Waals surface area contributed by atoms with Crippen molar-refractivity contribution < 1.29 is 9.53 Å². The minimum Gasteiger partial charge on any atom is -0.496 e. The molecule has 24 heavy (non-hydrogen) atoms. The lowest BCUT2D eigenvalue weighted by Crippen LogP contribution is -2.26. The van der Waals surface area contributed by atoms with Crippen LogP contribution in [0.25, 0.3) is 0 Å². The largest absolute Gasteiger partial charge is 0.496 e. The zero-order valence-electron chi connectivity index (χ0n) is 14.2. The van der Waals surface area contributed by atoms with Gasteiger partial charge in [0.1, 0.15) is 5.75 Å². The van der Waals surface area contributed by atoms with Crippen molar-refractivity contribution in [3.63, 3.8) is 0 Å². The number of amides is 1. The highest BCUT2D eigenvalue weighted by atomic mass is 35.5. The van der Waals surface area contributed by atoms with Crippen molar-refractivity contribution in [2.45, 2.75) is 19.2 Å². The van der Waals surface area contributed by atoms with Crippen molar-refractivity contribution in [1.82, 2.24) is 4.90 Å². The number of thioether (sulfide) groups is 1. The number of methoxy groups -OCH3 is 1. The molecule has 0 heterocycles. The minimum absolute atomic E-state index is 0.0216. The Bertz CT molecular complexity index is 688. The monoisotopic (exact) mass is 363 g/mol. The van der Waals surface area contributed by atoms with Gasteiger partial charge in [-0.2, -0.15) is 11.8 Å². The van der Waals surface area contributed by atoms with Gasteiger partial charge in [-0.25, -0.2) is 0 Å². The molecule has 2 aromatic carbocycles. The molecule has 0 aliphatic heterocycles. The topological polar surface area (TPSA) is 29.5 Å². The average molecular weight is 364 g/mol. The molecule has 0 unspecified atom stereocenters. The summed E-state index contributed by atoms with van der Waals surface area (Å²) in [6.45, 7) is 2.58. The molecule has 0 radical (unpaired) electrons. The van der Waals surface area contributed by atoms with Gasteiger partial charge in [0.25, 0.3) is 5.91 Å². The summed E-state index contributed by atoms with van der Waals surface area (Å²) in [4.78, 5) is 14.3. The summed E-state index contributed by atoms with van der Waals surface area (Å²) in [5, 5.41) is 0.629. The van der Waals surface area contributed by atoms with Crippen LogP contribution >= 0.6 is 23.4 Å². The van der Waals surface area contributed by atoms with Crippen molar-refractivity contribution in [2.24, 2.45) is 0 Å². The van der Waals surface area contributed by atoms with E-state index < -0.39 is 0 Å². The summed E-state index contributed by atoms with van der Waals surface area (Å²) in [6, 6.07) is 13.2. The SMILES string of the molecule is CCSCc1ccc(C(=O)N(C)Cc2cc(Cl)ccc2OC)cc1. The van der Waals surface area contributed by atoms with Gasteiger partial charge in [0.15, 0.2) is 0 Å². The van der Waals surface area contributed by atoms with E-state index in [1.54, 1.807) is 25.1 Å². The zero-order valence-corrected chi connectivity index (χ0v) is 15.8. The molecule has 0 aliphatic carbocycles. The van der Waals surface area contributed by atoms with E-state index >= 15 is 0 Å². The Morgan fingerprint density at radius 3 is 2.54 bits per heavy atom. The van der Waals surface area contributed by atoms with Gasteiger partial charge in [-0.15, -0.1) is 0 Å². The molecule has 0 saturated heterocycles. The van der Waals surface area contributed by atoms with Crippen LogP contribution in [0.1, 0.15) is 28.4 Å². The highest BCUT2D eigenvalue weighted by Gasteiger charge is 2.14. The highest BCUT2D eigenvalue weighted by Crippen LogP contribution is 2.24. The van der Waals surface area contributed by atoms with Crippen LogP contribution in [0.15, 0.2) is 42.5 Å². The van der Waals surface area contributed by atoms with Crippen molar-refractivity contribution in [3.8, 4) is 5.75 Å². The van der Waals surface area contributed by atoms with E-state index in [0.29, 0.717) is 17.1 Å². The molecule has 0 fully saturated rings. The third-order valence-electron chi connectivity index (χ3n) is 3.67. The summed E-state index contributed by atoms with van der Waals surface area (Å²) < 4.78 is 5.34. The molecule has 0 N–H and O–H groups in total. The molecule has 0 aliphatic rings. The van der Waals surface area contributed by atoms with E-state index in [1.807, 2.05) is 48.2 Å². The van der Waals surface area contributed by atoms with Gasteiger partial charge in [-0.1, -0.05) is 30.7 Å². The third-order valence-corrected chi connectivity index (χ3v) is 4.85. The number of hydrogen-bond acceptors (Lipinski definition) is 3. The standard InChI is InChI=1S/C19H22ClNO2S/c1-4-24-13-14-5-7-15(8-6-14)19(22)21(2)12-16-11-17(20)9-10-18(16)23-3/h5-11H,4,12-13H2,1-3H3. The Balaban J connectivity index is 2.08. The number of benzene rings is 2. The van der Waals surface area contributed by atoms with Crippen LogP contribution in [-0.2, 0) is 12.3 Å². The predicted octanol–water partition coefficient (Wildman–Crippen LogP) is 4.87. The van der Waals surface area contributed by atoms with Gasteiger partial charge in [-0.3, -0.25) is 4.79 Å². The second-order valence-corrected chi connectivity index (χ2v) is 7.16. The van der Waals surface area contributed by atoms with Gasteiger partial charge in [-0.05, 0) is 41.6 Å². The lowest BCUT2D eigenvalue weighted by atomic mass is 10.1. The first-order valence-electron chi connectivity index (χ1n) is 7.79. The van der Waals surface area contributed by atoms with E-state index in [2.05, 4.69) is 6.92 Å². The van der Waals surface area contributed by atoms with E-state index in [0.717, 1.165) is 22.8 Å². The molecule has 0 atom stereocenters. The molecular formula is C19H22ClNO2S. The van der Waals surface area contributed by atoms with Crippen LogP contribution in [0.2, 0.25) is 5.02 Å². The van der Waals surface area contributed by atoms with Crippen LogP contribution in [0, 0.1) is 0 Å². The smallest absolute Gasteiger partial charge is 0.253 e. The molecule has 0 aromatic heterocycles. The second-order valence-electron chi connectivity index (χ2n) is 5.45. The number of rotatable bonds is 7. The Labute approximate surface area is 153 Å². The maximum atomic E-state index is 12.6. The van der Waals surface area contributed by atoms with Gasteiger partial charge >= 0.3 is 0 Å². The second kappa shape index (κ2) is 9.00. The molecule has 0 saturated carbocycles. The molecule has 1 amide bonds. The molecule has 0 spiro atoms. The zero-order chi connectivity index (χ0) is 17.5. The lowest BCUT2D eigenvalue weighted by molar-refractivity contribution is 0.0784. The fourth-order valence-corrected chi connectivity index (χ4v) is 3.21. The van der Waals surface area contributed by atoms with Crippen molar-refractivity contribution >= 4 is 29.3 Å². The van der Waals surface area contributed by atoms with Gasteiger partial charge in [0.05, 0.1) is 7.11 Å². The molecule has 2 aromatic rings. The van der Waals surface area contributed by atoms with E-state index in [1.165, 1.54) is 5.56 Å². The van der Waals surface area contributed by atoms with Gasteiger partial charge in [0.2, 0.25) is 0 Å². The fourth-order valence-electron chi connectivity index (χ4n) is 2.38. The Morgan fingerprint density at radius 2 is 1.92 bits per heavy atom. The number of hydrogen-bond donors (Lipinski definition) is 0. The van der Waals surface area contributed by atoms with Crippen LogP contribution < -0.4 is 4.74 Å². The highest BCUT2D eigenvalue weighted by molar-refractivity contribution is 7.98. The Kier molecular flexibility index (Phi) is 7.00. The fraction of sp³-hybridized carbons (Fsp3) is 0.316. The van der Waals surface area contributed by atoms with Crippen LogP contribution in [-0.4, -0.2) is 30.7 Å². The average Bonchev–Trinajstić information content (AvgIpc) is 2.60. The first-order chi connectivity index (χ1) is 11.5. The Morgan fingerprint density at radius 1 is 1.21 bits per heavy atom. The van der Waals surface area contributed by atoms with E-state index in [4.69, 9.17) is 16.3 Å². The molecule has 5 heteroatoms. The van der Waals surface area contributed by atoms with Gasteiger partial charge in [0, 0.05) is 35.5 Å². The molecule has 128 valence electrons. The van der Waals surface area contributed by atoms with E-state index in [-0.39, 0.29) is 5.91 Å². The quantitative estimate of drug-likeness (QED) is 0.702. The van der Waals surface area contributed by atoms with E-state index in [9.17, 15) is 4.79 Å². The van der Waals surface area contributed by atoms with Crippen molar-refractivity contribution in [3.05, 3.63) is 64.2 Å². The summed E-state index contributed by atoms with van der Waals surface area (Å²) in [7, 11) is 3.39. The Hall–Kier alpha value is -1.65. The van der Waals surface area contributed by atoms with Crippen molar-refractivity contribution in [2.75, 3.05) is 19.9 Å². The van der Waals surface area contributed by atoms with Crippen molar-refractivity contribution in [1.29, 1.82) is 0 Å². The molecule has 3 nitrogen and oxygen atoms in total. The number of carbonyl (C=O) groups excluding carboxylic acids is 1. The molecule has 2 rings (SSSR count). The summed E-state index contributed by atoms with van der Waals surface area (Å²) >= 11 is 7.92. The van der Waals surface area contributed by atoms with Gasteiger partial charge < -0.3 is 9.64 Å². The maximum absolute atomic E-state index is 12.6. The minimum atomic E-state index is -0.0216. The maximum Gasteiger partial charge on any atom is 0.253 e.